The van der Waals surface area contributed by atoms with E-state index in [1.807, 2.05) is 24.3 Å². The van der Waals surface area contributed by atoms with Gasteiger partial charge in [-0.05, 0) is 29.8 Å². The van der Waals surface area contributed by atoms with Crippen LogP contribution in [0.2, 0.25) is 0 Å². The highest BCUT2D eigenvalue weighted by Gasteiger charge is 2.48. The number of anilines is 1. The Morgan fingerprint density at radius 1 is 1.13 bits per heavy atom. The summed E-state index contributed by atoms with van der Waals surface area (Å²) < 4.78 is 1.73. The Hall–Kier alpha value is -3.64. The summed E-state index contributed by atoms with van der Waals surface area (Å²) in [6.45, 7) is 0.387. The second-order valence-electron chi connectivity index (χ2n) is 6.75. The number of nitrogens with one attached hydrogen (secondary N) is 1. The van der Waals surface area contributed by atoms with Crippen molar-refractivity contribution in [1.29, 1.82) is 0 Å². The number of nitrogens with zero attached hydrogens (tertiary/aromatic N) is 7. The Bertz CT molecular complexity index is 1290. The van der Waals surface area contributed by atoms with Gasteiger partial charge in [0, 0.05) is 12.1 Å². The van der Waals surface area contributed by atoms with Crippen LogP contribution in [-0.2, 0) is 11.3 Å². The van der Waals surface area contributed by atoms with Gasteiger partial charge in [0.05, 0.1) is 17.0 Å². The standard InChI is InChI=1S/C18H13ClN8O3S/c19-15-16(10-5-7-11(8-6-10)27(29)30)26(17(15)28)23-18-22-21-14(31-18)9-25-13-4-2-1-3-12(13)20-24-25/h1-8,15-16H,9H2,(H,22,23). The summed E-state index contributed by atoms with van der Waals surface area (Å²) in [4.78, 5) is 22.7. The van der Waals surface area contributed by atoms with Gasteiger partial charge in [-0.15, -0.1) is 26.9 Å². The van der Waals surface area contributed by atoms with Gasteiger partial charge in [-0.3, -0.25) is 20.3 Å². The lowest BCUT2D eigenvalue weighted by molar-refractivity contribution is -0.384. The summed E-state index contributed by atoms with van der Waals surface area (Å²) in [6.07, 6.45) is 0. The summed E-state index contributed by atoms with van der Waals surface area (Å²) in [5.41, 5.74) is 5.26. The smallest absolute Gasteiger partial charge is 0.269 e. The van der Waals surface area contributed by atoms with E-state index in [9.17, 15) is 14.9 Å². The number of aromatic nitrogens is 5. The molecule has 5 rings (SSSR count). The van der Waals surface area contributed by atoms with E-state index >= 15 is 0 Å². The zero-order chi connectivity index (χ0) is 21.5. The van der Waals surface area contributed by atoms with E-state index in [0.717, 1.165) is 11.0 Å². The summed E-state index contributed by atoms with van der Waals surface area (Å²) in [6, 6.07) is 13.0. The third kappa shape index (κ3) is 3.45. The van der Waals surface area contributed by atoms with Crippen LogP contribution < -0.4 is 5.43 Å². The number of nitro groups is 1. The van der Waals surface area contributed by atoms with Crippen LogP contribution in [0.3, 0.4) is 0 Å². The molecule has 1 aliphatic rings. The van der Waals surface area contributed by atoms with Crippen molar-refractivity contribution in [3.8, 4) is 0 Å². The number of non-ortho nitro benzene ring substituents is 1. The SMILES string of the molecule is O=C1C(Cl)C(c2ccc([N+](=O)[O-])cc2)N1Nc1nnc(Cn2nnc3ccccc32)s1. The predicted molar refractivity (Wildman–Crippen MR) is 112 cm³/mol. The number of carbonyl (C=O) groups is 1. The number of nitro benzene ring substituents is 1. The number of hydrazine groups is 1. The molecule has 1 saturated heterocycles. The van der Waals surface area contributed by atoms with Crippen molar-refractivity contribution >= 4 is 50.7 Å². The molecule has 156 valence electrons. The minimum Gasteiger partial charge on any atom is -0.271 e. The van der Waals surface area contributed by atoms with Gasteiger partial charge in [-0.1, -0.05) is 28.7 Å². The van der Waals surface area contributed by atoms with Gasteiger partial charge in [-0.2, -0.15) is 0 Å². The summed E-state index contributed by atoms with van der Waals surface area (Å²) in [7, 11) is 0. The fourth-order valence-corrected chi connectivity index (χ4v) is 4.40. The van der Waals surface area contributed by atoms with Crippen molar-refractivity contribution in [3.05, 3.63) is 69.2 Å². The van der Waals surface area contributed by atoms with E-state index in [1.165, 1.54) is 28.5 Å². The number of hydrogen-bond acceptors (Lipinski definition) is 9. The lowest BCUT2D eigenvalue weighted by Gasteiger charge is -2.43. The number of halogens is 1. The average Bonchev–Trinajstić information content (AvgIpc) is 3.41. The molecule has 31 heavy (non-hydrogen) atoms. The molecular weight excluding hydrogens is 444 g/mol. The molecule has 0 aliphatic carbocycles. The monoisotopic (exact) mass is 456 g/mol. The lowest BCUT2D eigenvalue weighted by atomic mass is 9.95. The molecule has 2 aromatic heterocycles. The van der Waals surface area contributed by atoms with Crippen LogP contribution in [0.5, 0.6) is 0 Å². The molecule has 1 aliphatic heterocycles. The summed E-state index contributed by atoms with van der Waals surface area (Å²) >= 11 is 7.48. The first-order valence-electron chi connectivity index (χ1n) is 9.10. The molecule has 2 unspecified atom stereocenters. The van der Waals surface area contributed by atoms with Crippen LogP contribution in [0, 0.1) is 10.1 Å². The van der Waals surface area contributed by atoms with E-state index in [1.54, 1.807) is 16.8 Å². The molecule has 1 fully saturated rings. The Balaban J connectivity index is 1.32. The Morgan fingerprint density at radius 2 is 1.90 bits per heavy atom. The van der Waals surface area contributed by atoms with E-state index in [0.29, 0.717) is 22.2 Å². The number of benzene rings is 2. The van der Waals surface area contributed by atoms with Crippen molar-refractivity contribution in [2.45, 2.75) is 18.0 Å². The maximum atomic E-state index is 12.3. The quantitative estimate of drug-likeness (QED) is 0.203. The number of amides is 1. The number of alkyl halides is 1. The normalized spacial score (nSPS) is 18.2. The van der Waals surface area contributed by atoms with Crippen molar-refractivity contribution in [1.82, 2.24) is 30.2 Å². The van der Waals surface area contributed by atoms with E-state index in [-0.39, 0.29) is 11.6 Å². The first-order valence-corrected chi connectivity index (χ1v) is 10.4. The first kappa shape index (κ1) is 19.3. The van der Waals surface area contributed by atoms with Crippen LogP contribution in [0.25, 0.3) is 11.0 Å². The van der Waals surface area contributed by atoms with Gasteiger partial charge in [-0.25, -0.2) is 9.69 Å². The van der Waals surface area contributed by atoms with Gasteiger partial charge in [0.1, 0.15) is 21.9 Å². The van der Waals surface area contributed by atoms with Crippen LogP contribution in [0.15, 0.2) is 48.5 Å². The number of hydrogen-bond donors (Lipinski definition) is 1. The molecule has 0 spiro atoms. The Morgan fingerprint density at radius 3 is 2.68 bits per heavy atom. The molecule has 13 heteroatoms. The lowest BCUT2D eigenvalue weighted by Crippen LogP contribution is -2.58. The van der Waals surface area contributed by atoms with Crippen molar-refractivity contribution in [2.24, 2.45) is 0 Å². The molecule has 1 amide bonds. The number of β-lactam (4-membered cyclic amide) rings is 1. The van der Waals surface area contributed by atoms with E-state index < -0.39 is 16.3 Å². The number of para-hydroxylation sites is 1. The summed E-state index contributed by atoms with van der Waals surface area (Å²) in [5.74, 6) is -0.316. The third-order valence-corrected chi connectivity index (χ3v) is 6.10. The van der Waals surface area contributed by atoms with Crippen LogP contribution in [0.1, 0.15) is 16.6 Å². The molecule has 11 nitrogen and oxygen atoms in total. The molecule has 0 saturated carbocycles. The topological polar surface area (TPSA) is 132 Å². The molecule has 0 bridgehead atoms. The maximum Gasteiger partial charge on any atom is 0.269 e. The predicted octanol–water partition coefficient (Wildman–Crippen LogP) is 2.76. The van der Waals surface area contributed by atoms with Crippen LogP contribution >= 0.6 is 22.9 Å². The van der Waals surface area contributed by atoms with Gasteiger partial charge in [0.15, 0.2) is 0 Å². The fraction of sp³-hybridized carbons (Fsp3) is 0.167. The number of fused-ring (bicyclic) bond motifs is 1. The largest absolute Gasteiger partial charge is 0.271 e. The molecule has 2 aromatic carbocycles. The van der Waals surface area contributed by atoms with Gasteiger partial charge < -0.3 is 0 Å². The van der Waals surface area contributed by atoms with Gasteiger partial charge in [0.2, 0.25) is 5.13 Å². The number of rotatable bonds is 6. The van der Waals surface area contributed by atoms with Crippen molar-refractivity contribution < 1.29 is 9.72 Å². The molecule has 2 atom stereocenters. The minimum absolute atomic E-state index is 0.0329. The third-order valence-electron chi connectivity index (χ3n) is 4.86. The second-order valence-corrected chi connectivity index (χ2v) is 8.28. The highest BCUT2D eigenvalue weighted by atomic mass is 35.5. The first-order chi connectivity index (χ1) is 15.0. The molecule has 3 heterocycles. The van der Waals surface area contributed by atoms with Crippen LogP contribution in [-0.4, -0.2) is 46.4 Å². The number of carbonyl (C=O) groups excluding carboxylic acids is 1. The minimum atomic E-state index is -0.775. The van der Waals surface area contributed by atoms with Gasteiger partial charge in [0.25, 0.3) is 11.6 Å². The van der Waals surface area contributed by atoms with Crippen molar-refractivity contribution in [3.63, 3.8) is 0 Å². The Kier molecular flexibility index (Phi) is 4.71. The zero-order valence-corrected chi connectivity index (χ0v) is 17.2. The zero-order valence-electron chi connectivity index (χ0n) is 15.6. The molecule has 4 aromatic rings. The van der Waals surface area contributed by atoms with E-state index in [2.05, 4.69) is 25.9 Å². The maximum absolute atomic E-state index is 12.3. The molecule has 0 radical (unpaired) electrons. The van der Waals surface area contributed by atoms with Crippen molar-refractivity contribution in [2.75, 3.05) is 5.43 Å². The second kappa shape index (κ2) is 7.56. The van der Waals surface area contributed by atoms with E-state index in [4.69, 9.17) is 11.6 Å². The van der Waals surface area contributed by atoms with Gasteiger partial charge >= 0.3 is 0 Å². The highest BCUT2D eigenvalue weighted by Crippen LogP contribution is 2.39. The average molecular weight is 457 g/mol. The molecular formula is C18H13ClN8O3S. The summed E-state index contributed by atoms with van der Waals surface area (Å²) in [5, 5.41) is 29.0. The highest BCUT2D eigenvalue weighted by molar-refractivity contribution is 7.15. The fourth-order valence-electron chi connectivity index (χ4n) is 3.32. The molecule has 1 N–H and O–H groups in total. The Labute approximate surface area is 183 Å². The van der Waals surface area contributed by atoms with Crippen LogP contribution in [0.4, 0.5) is 10.8 Å².